The van der Waals surface area contributed by atoms with Gasteiger partial charge in [-0.3, -0.25) is 4.90 Å². The van der Waals surface area contributed by atoms with E-state index in [2.05, 4.69) is 24.8 Å². The molecule has 0 aromatic carbocycles. The van der Waals surface area contributed by atoms with Crippen LogP contribution in [0.15, 0.2) is 11.6 Å². The summed E-state index contributed by atoms with van der Waals surface area (Å²) >= 11 is 0. The molecule has 2 nitrogen and oxygen atoms in total. The van der Waals surface area contributed by atoms with Crippen LogP contribution < -0.4 is 0 Å². The molecule has 2 aliphatic heterocycles. The van der Waals surface area contributed by atoms with Crippen LogP contribution in [-0.2, 0) is 0 Å². The van der Waals surface area contributed by atoms with Crippen molar-refractivity contribution in [3.8, 4) is 0 Å². The van der Waals surface area contributed by atoms with E-state index in [1.54, 1.807) is 0 Å². The zero-order valence-electron chi connectivity index (χ0n) is 14.9. The standard InChI is InChI=1S/C21H33NO/c1-3-21-18-6-4-5-15(18)7-8-16-12-22-11-14(2)17(19(21)22)9-10-20(16,21)13-23/h6,14-17,19,23H,3-5,7-13H2,1-2H3. The first-order valence-electron chi connectivity index (χ1n) is 10.2. The largest absolute Gasteiger partial charge is 0.396 e. The summed E-state index contributed by atoms with van der Waals surface area (Å²) in [5.41, 5.74) is 2.29. The number of aliphatic hydroxyl groups excluding tert-OH is 1. The topological polar surface area (TPSA) is 23.5 Å². The number of piperidine rings is 1. The van der Waals surface area contributed by atoms with Crippen LogP contribution in [0.2, 0.25) is 0 Å². The van der Waals surface area contributed by atoms with Crippen LogP contribution in [0.5, 0.6) is 0 Å². The minimum Gasteiger partial charge on any atom is -0.396 e. The third kappa shape index (κ3) is 1.54. The summed E-state index contributed by atoms with van der Waals surface area (Å²) < 4.78 is 0. The predicted octanol–water partition coefficient (Wildman–Crippen LogP) is 3.85. The van der Waals surface area contributed by atoms with Crippen molar-refractivity contribution in [3.05, 3.63) is 11.6 Å². The normalized spacial score (nSPS) is 54.6. The first-order valence-corrected chi connectivity index (χ1v) is 10.2. The molecule has 0 amide bonds. The van der Waals surface area contributed by atoms with Gasteiger partial charge in [0.2, 0.25) is 0 Å². The van der Waals surface area contributed by atoms with E-state index in [0.717, 1.165) is 29.7 Å². The van der Waals surface area contributed by atoms with Gasteiger partial charge < -0.3 is 5.11 Å². The van der Waals surface area contributed by atoms with Crippen LogP contribution in [0, 0.1) is 34.5 Å². The van der Waals surface area contributed by atoms with Crippen LogP contribution in [0.4, 0.5) is 0 Å². The van der Waals surface area contributed by atoms with Crippen LogP contribution in [0.3, 0.4) is 0 Å². The highest BCUT2D eigenvalue weighted by atomic mass is 16.3. The van der Waals surface area contributed by atoms with E-state index >= 15 is 0 Å². The third-order valence-corrected chi connectivity index (χ3v) is 9.14. The quantitative estimate of drug-likeness (QED) is 0.782. The van der Waals surface area contributed by atoms with Gasteiger partial charge in [-0.2, -0.15) is 0 Å². The van der Waals surface area contributed by atoms with E-state index in [9.17, 15) is 5.11 Å². The van der Waals surface area contributed by atoms with Gasteiger partial charge >= 0.3 is 0 Å². The fourth-order valence-corrected chi connectivity index (χ4v) is 8.43. The molecule has 0 spiro atoms. The molecular formula is C21H33NO. The summed E-state index contributed by atoms with van der Waals surface area (Å²) in [6.07, 6.45) is 11.9. The average Bonchev–Trinajstić information content (AvgIpc) is 3.14. The molecule has 1 N–H and O–H groups in total. The molecule has 2 saturated carbocycles. The molecule has 0 aromatic rings. The molecule has 0 aromatic heterocycles. The van der Waals surface area contributed by atoms with E-state index < -0.39 is 0 Å². The minimum absolute atomic E-state index is 0.189. The second-order valence-corrected chi connectivity index (χ2v) is 9.43. The zero-order valence-corrected chi connectivity index (χ0v) is 14.9. The Morgan fingerprint density at radius 3 is 2.87 bits per heavy atom. The molecule has 7 atom stereocenters. The maximum Gasteiger partial charge on any atom is 0.0499 e. The Bertz CT molecular complexity index is 542. The van der Waals surface area contributed by atoms with Gasteiger partial charge in [-0.05, 0) is 68.6 Å². The summed E-state index contributed by atoms with van der Waals surface area (Å²) in [7, 11) is 0. The highest BCUT2D eigenvalue weighted by Crippen LogP contribution is 2.71. The molecule has 0 radical (unpaired) electrons. The van der Waals surface area contributed by atoms with E-state index in [-0.39, 0.29) is 10.8 Å². The molecule has 2 heteroatoms. The third-order valence-electron chi connectivity index (χ3n) is 9.14. The fraction of sp³-hybridized carbons (Fsp3) is 0.905. The van der Waals surface area contributed by atoms with Crippen LogP contribution >= 0.6 is 0 Å². The van der Waals surface area contributed by atoms with Crippen LogP contribution in [0.1, 0.15) is 58.8 Å². The number of fused-ring (bicyclic) bond motifs is 1. The van der Waals surface area contributed by atoms with Crippen molar-refractivity contribution in [2.45, 2.75) is 64.8 Å². The first kappa shape index (κ1) is 15.0. The lowest BCUT2D eigenvalue weighted by atomic mass is 9.42. The highest BCUT2D eigenvalue weighted by Gasteiger charge is 2.70. The van der Waals surface area contributed by atoms with Gasteiger partial charge in [-0.15, -0.1) is 0 Å². The summed E-state index contributed by atoms with van der Waals surface area (Å²) in [4.78, 5) is 2.89. The molecule has 7 unspecified atom stereocenters. The van der Waals surface area contributed by atoms with E-state index in [1.807, 2.05) is 5.57 Å². The van der Waals surface area contributed by atoms with Gasteiger partial charge in [0.25, 0.3) is 0 Å². The SMILES string of the molecule is CCC12C3=CCCC3CCC3CN4CC(C)C(CCC31CO)C42. The van der Waals surface area contributed by atoms with Gasteiger partial charge in [-0.25, -0.2) is 0 Å². The zero-order chi connectivity index (χ0) is 15.8. The Morgan fingerprint density at radius 2 is 2.09 bits per heavy atom. The summed E-state index contributed by atoms with van der Waals surface area (Å²) in [5, 5.41) is 10.8. The fourth-order valence-electron chi connectivity index (χ4n) is 8.43. The van der Waals surface area contributed by atoms with Crippen molar-refractivity contribution in [2.24, 2.45) is 34.5 Å². The molecule has 23 heavy (non-hydrogen) atoms. The Balaban J connectivity index is 1.77. The molecule has 5 aliphatic rings. The van der Waals surface area contributed by atoms with E-state index in [4.69, 9.17) is 0 Å². The average molecular weight is 316 g/mol. The van der Waals surface area contributed by atoms with Gasteiger partial charge in [-0.1, -0.05) is 25.5 Å². The number of hydrogen-bond donors (Lipinski definition) is 1. The molecule has 2 heterocycles. The number of allylic oxidation sites excluding steroid dienone is 1. The van der Waals surface area contributed by atoms with E-state index in [1.165, 1.54) is 58.0 Å². The van der Waals surface area contributed by atoms with Crippen molar-refractivity contribution >= 4 is 0 Å². The number of aliphatic hydroxyl groups is 1. The van der Waals surface area contributed by atoms with Gasteiger partial charge in [0.05, 0.1) is 0 Å². The van der Waals surface area contributed by atoms with Gasteiger partial charge in [0, 0.05) is 36.6 Å². The Kier molecular flexibility index (Phi) is 3.15. The Morgan fingerprint density at radius 1 is 1.22 bits per heavy atom. The van der Waals surface area contributed by atoms with Crippen molar-refractivity contribution in [3.63, 3.8) is 0 Å². The van der Waals surface area contributed by atoms with Crippen molar-refractivity contribution in [2.75, 3.05) is 19.7 Å². The Labute approximate surface area is 141 Å². The maximum atomic E-state index is 10.8. The first-order chi connectivity index (χ1) is 11.2. The maximum absolute atomic E-state index is 10.8. The van der Waals surface area contributed by atoms with E-state index in [0.29, 0.717) is 6.61 Å². The predicted molar refractivity (Wildman–Crippen MR) is 93.0 cm³/mol. The van der Waals surface area contributed by atoms with Gasteiger partial charge in [0.15, 0.2) is 0 Å². The lowest BCUT2D eigenvalue weighted by molar-refractivity contribution is -0.171. The van der Waals surface area contributed by atoms with Crippen LogP contribution in [0.25, 0.3) is 0 Å². The molecular weight excluding hydrogens is 282 g/mol. The second kappa shape index (κ2) is 4.85. The van der Waals surface area contributed by atoms with Crippen molar-refractivity contribution in [1.29, 1.82) is 0 Å². The van der Waals surface area contributed by atoms with Crippen molar-refractivity contribution in [1.82, 2.24) is 4.90 Å². The molecule has 4 fully saturated rings. The smallest absolute Gasteiger partial charge is 0.0499 e. The monoisotopic (exact) mass is 315 g/mol. The summed E-state index contributed by atoms with van der Waals surface area (Å²) in [5.74, 6) is 3.28. The molecule has 128 valence electrons. The van der Waals surface area contributed by atoms with Crippen molar-refractivity contribution < 1.29 is 5.11 Å². The molecule has 4 bridgehead atoms. The van der Waals surface area contributed by atoms with Gasteiger partial charge in [0.1, 0.15) is 0 Å². The molecule has 3 aliphatic carbocycles. The lowest BCUT2D eigenvalue weighted by Crippen LogP contribution is -2.69. The summed E-state index contributed by atoms with van der Waals surface area (Å²) in [6, 6.07) is 0.726. The minimum atomic E-state index is 0.189. The molecule has 5 rings (SSSR count). The molecule has 2 saturated heterocycles. The number of rotatable bonds is 2. The number of hydrogen-bond acceptors (Lipinski definition) is 2. The van der Waals surface area contributed by atoms with Crippen LogP contribution in [-0.4, -0.2) is 35.7 Å². The Hall–Kier alpha value is -0.340. The summed E-state index contributed by atoms with van der Waals surface area (Å²) in [6.45, 7) is 7.95. The highest BCUT2D eigenvalue weighted by molar-refractivity contribution is 5.35. The lowest BCUT2D eigenvalue weighted by Gasteiger charge is -2.66. The number of nitrogens with zero attached hydrogens (tertiary/aromatic N) is 1. The second-order valence-electron chi connectivity index (χ2n) is 9.43.